The van der Waals surface area contributed by atoms with Crippen LogP contribution < -0.4 is 4.74 Å². The number of morpholine rings is 1. The van der Waals surface area contributed by atoms with E-state index in [1.807, 2.05) is 0 Å². The number of ether oxygens (including phenoxy) is 2. The highest BCUT2D eigenvalue weighted by Gasteiger charge is 2.41. The average molecular weight is 467 g/mol. The molecule has 7 nitrogen and oxygen atoms in total. The van der Waals surface area contributed by atoms with Crippen LogP contribution in [0.1, 0.15) is 55.0 Å². The van der Waals surface area contributed by atoms with Crippen molar-refractivity contribution < 1.29 is 27.4 Å². The Hall–Kier alpha value is -2.59. The smallest absolute Gasteiger partial charge is 0.406 e. The topological polar surface area (TPSA) is 70.7 Å². The second-order valence-corrected chi connectivity index (χ2v) is 8.92. The van der Waals surface area contributed by atoms with Gasteiger partial charge in [-0.25, -0.2) is 0 Å². The van der Waals surface area contributed by atoms with Gasteiger partial charge in [-0.3, -0.25) is 14.8 Å². The number of benzene rings is 1. The number of amides is 1. The molecule has 180 valence electrons. The quantitative estimate of drug-likeness (QED) is 0.656. The van der Waals surface area contributed by atoms with Gasteiger partial charge in [0.1, 0.15) is 5.75 Å². The number of alkyl halides is 3. The summed E-state index contributed by atoms with van der Waals surface area (Å²) in [6.45, 7) is 7.31. The summed E-state index contributed by atoms with van der Waals surface area (Å²) in [5.41, 5.74) is 2.79. The Balaban J connectivity index is 1.62. The number of carbonyl (C=O) groups is 1. The summed E-state index contributed by atoms with van der Waals surface area (Å²) in [5.74, 6) is -0.0619. The summed E-state index contributed by atoms with van der Waals surface area (Å²) in [6, 6.07) is 8.00. The van der Waals surface area contributed by atoms with Crippen LogP contribution >= 0.6 is 0 Å². The monoisotopic (exact) mass is 466 g/mol. The third-order valence-electron chi connectivity index (χ3n) is 6.42. The zero-order valence-corrected chi connectivity index (χ0v) is 18.7. The minimum absolute atomic E-state index is 0.0295. The molecular formula is C23H29F3N4O3. The molecule has 0 bridgehead atoms. The zero-order valence-electron chi connectivity index (χ0n) is 18.7. The molecule has 0 spiro atoms. The summed E-state index contributed by atoms with van der Waals surface area (Å²) in [4.78, 5) is 16.3. The molecule has 0 aliphatic carbocycles. The molecule has 0 radical (unpaired) electrons. The number of piperidine rings is 1. The molecule has 1 N–H and O–H groups in total. The van der Waals surface area contributed by atoms with E-state index in [9.17, 15) is 18.0 Å². The van der Waals surface area contributed by atoms with Gasteiger partial charge in [0.25, 0.3) is 0 Å². The Labute approximate surface area is 190 Å². The number of halogens is 3. The SMILES string of the molecule is CC(C)c1cc(C2CC(c3ccc(OC(F)(F)F)cc3)CN(C=O)C2N2CCOCC2)[nH]n1. The van der Waals surface area contributed by atoms with Crippen LogP contribution in [0, 0.1) is 0 Å². The predicted molar refractivity (Wildman–Crippen MR) is 115 cm³/mol. The molecule has 3 atom stereocenters. The number of nitrogens with zero attached hydrogens (tertiary/aromatic N) is 3. The first-order valence-corrected chi connectivity index (χ1v) is 11.2. The number of nitrogens with one attached hydrogen (secondary N) is 1. The first-order valence-electron chi connectivity index (χ1n) is 11.2. The normalized spacial score (nSPS) is 24.8. The van der Waals surface area contributed by atoms with Gasteiger partial charge < -0.3 is 14.4 Å². The van der Waals surface area contributed by atoms with Crippen LogP contribution in [-0.2, 0) is 9.53 Å². The predicted octanol–water partition coefficient (Wildman–Crippen LogP) is 3.82. The van der Waals surface area contributed by atoms with Crippen molar-refractivity contribution >= 4 is 6.41 Å². The molecule has 2 aromatic rings. The Morgan fingerprint density at radius 1 is 1.21 bits per heavy atom. The maximum Gasteiger partial charge on any atom is 0.573 e. The van der Waals surface area contributed by atoms with Gasteiger partial charge in [-0.2, -0.15) is 5.10 Å². The lowest BCUT2D eigenvalue weighted by Gasteiger charge is -2.48. The number of carbonyl (C=O) groups excluding carboxylic acids is 1. The minimum Gasteiger partial charge on any atom is -0.406 e. The van der Waals surface area contributed by atoms with Gasteiger partial charge in [0.15, 0.2) is 0 Å². The van der Waals surface area contributed by atoms with Crippen LogP contribution in [0.15, 0.2) is 30.3 Å². The van der Waals surface area contributed by atoms with Gasteiger partial charge >= 0.3 is 6.36 Å². The van der Waals surface area contributed by atoms with Crippen molar-refractivity contribution in [1.82, 2.24) is 20.0 Å². The zero-order chi connectivity index (χ0) is 23.6. The number of H-pyrrole nitrogens is 1. The largest absolute Gasteiger partial charge is 0.573 e. The van der Waals surface area contributed by atoms with E-state index >= 15 is 0 Å². The van der Waals surface area contributed by atoms with Crippen LogP contribution in [0.2, 0.25) is 0 Å². The highest BCUT2D eigenvalue weighted by molar-refractivity contribution is 5.49. The van der Waals surface area contributed by atoms with Crippen LogP contribution in [-0.4, -0.2) is 71.8 Å². The lowest BCUT2D eigenvalue weighted by atomic mass is 9.80. The molecule has 3 heterocycles. The van der Waals surface area contributed by atoms with E-state index in [2.05, 4.69) is 39.7 Å². The molecule has 33 heavy (non-hydrogen) atoms. The third kappa shape index (κ3) is 5.50. The van der Waals surface area contributed by atoms with Crippen LogP contribution in [0.25, 0.3) is 0 Å². The van der Waals surface area contributed by atoms with E-state index in [0.29, 0.717) is 19.8 Å². The van der Waals surface area contributed by atoms with E-state index in [1.54, 1.807) is 17.0 Å². The standard InChI is InChI=1S/C23H29F3N4O3/c1-15(2)20-12-21(28-27-20)19-11-17(16-3-5-18(6-4-16)33-23(24,25)26)13-30(14-31)22(19)29-7-9-32-10-8-29/h3-6,12,14-15,17,19,22H,7-11,13H2,1-2H3,(H,27,28). The van der Waals surface area contributed by atoms with Crippen molar-refractivity contribution in [3.63, 3.8) is 0 Å². The minimum atomic E-state index is -4.73. The van der Waals surface area contributed by atoms with Crippen molar-refractivity contribution in [2.45, 2.75) is 50.6 Å². The first kappa shape index (κ1) is 23.6. The fraction of sp³-hybridized carbons (Fsp3) is 0.565. The van der Waals surface area contributed by atoms with Gasteiger partial charge in [-0.1, -0.05) is 26.0 Å². The van der Waals surface area contributed by atoms with E-state index in [-0.39, 0.29) is 29.7 Å². The average Bonchev–Trinajstić information content (AvgIpc) is 3.29. The van der Waals surface area contributed by atoms with Gasteiger partial charge in [-0.15, -0.1) is 13.2 Å². The molecule has 2 aliphatic heterocycles. The lowest BCUT2D eigenvalue weighted by Crippen LogP contribution is -2.58. The maximum atomic E-state index is 12.5. The molecule has 2 saturated heterocycles. The second kappa shape index (κ2) is 9.72. The molecule has 1 aromatic heterocycles. The van der Waals surface area contributed by atoms with Gasteiger partial charge in [0, 0.05) is 37.2 Å². The molecule has 0 saturated carbocycles. The Kier molecular flexibility index (Phi) is 6.94. The Morgan fingerprint density at radius 2 is 1.91 bits per heavy atom. The molecule has 1 amide bonds. The highest BCUT2D eigenvalue weighted by Crippen LogP contribution is 2.41. The van der Waals surface area contributed by atoms with E-state index in [4.69, 9.17) is 4.74 Å². The fourth-order valence-electron chi connectivity index (χ4n) is 4.82. The number of aromatic amines is 1. The number of likely N-dealkylation sites (tertiary alicyclic amines) is 1. The van der Waals surface area contributed by atoms with Crippen molar-refractivity contribution in [1.29, 1.82) is 0 Å². The number of rotatable bonds is 6. The van der Waals surface area contributed by atoms with E-state index in [0.717, 1.165) is 42.9 Å². The first-order chi connectivity index (χ1) is 15.7. The van der Waals surface area contributed by atoms with Crippen LogP contribution in [0.5, 0.6) is 5.75 Å². The van der Waals surface area contributed by atoms with Crippen LogP contribution in [0.4, 0.5) is 13.2 Å². The Bertz CT molecular complexity index is 926. The summed E-state index contributed by atoms with van der Waals surface area (Å²) >= 11 is 0. The molecule has 4 rings (SSSR count). The molecule has 2 fully saturated rings. The summed E-state index contributed by atoms with van der Waals surface area (Å²) in [6.07, 6.45) is -3.27. The molecule has 10 heteroatoms. The van der Waals surface area contributed by atoms with Crippen molar-refractivity contribution in [2.24, 2.45) is 0 Å². The van der Waals surface area contributed by atoms with E-state index < -0.39 is 6.36 Å². The van der Waals surface area contributed by atoms with Crippen molar-refractivity contribution in [3.8, 4) is 5.75 Å². The second-order valence-electron chi connectivity index (χ2n) is 8.92. The fourth-order valence-corrected chi connectivity index (χ4v) is 4.82. The number of aromatic nitrogens is 2. The van der Waals surface area contributed by atoms with Crippen molar-refractivity contribution in [3.05, 3.63) is 47.3 Å². The molecule has 1 aromatic carbocycles. The highest BCUT2D eigenvalue weighted by atomic mass is 19.4. The summed E-state index contributed by atoms with van der Waals surface area (Å²) in [5, 5.41) is 7.65. The molecular weight excluding hydrogens is 437 g/mol. The molecule has 2 aliphatic rings. The maximum absolute atomic E-state index is 12.5. The Morgan fingerprint density at radius 3 is 2.48 bits per heavy atom. The van der Waals surface area contributed by atoms with Gasteiger partial charge in [0.2, 0.25) is 6.41 Å². The lowest BCUT2D eigenvalue weighted by molar-refractivity contribution is -0.274. The number of hydrogen-bond acceptors (Lipinski definition) is 5. The van der Waals surface area contributed by atoms with Crippen molar-refractivity contribution in [2.75, 3.05) is 32.8 Å². The van der Waals surface area contributed by atoms with Crippen LogP contribution in [0.3, 0.4) is 0 Å². The van der Waals surface area contributed by atoms with Gasteiger partial charge in [0.05, 0.1) is 25.1 Å². The summed E-state index contributed by atoms with van der Waals surface area (Å²) in [7, 11) is 0. The van der Waals surface area contributed by atoms with Gasteiger partial charge in [-0.05, 0) is 36.1 Å². The number of hydrogen-bond donors (Lipinski definition) is 1. The molecule has 3 unspecified atom stereocenters. The summed E-state index contributed by atoms with van der Waals surface area (Å²) < 4.78 is 47.1. The van der Waals surface area contributed by atoms with E-state index in [1.165, 1.54) is 12.1 Å². The third-order valence-corrected chi connectivity index (χ3v) is 6.42.